The molecule has 1 saturated heterocycles. The van der Waals surface area contributed by atoms with Gasteiger partial charge in [-0.05, 0) is 25.0 Å². The number of nitrogens with zero attached hydrogens (tertiary/aromatic N) is 2. The van der Waals surface area contributed by atoms with Crippen molar-refractivity contribution in [3.8, 4) is 0 Å². The van der Waals surface area contributed by atoms with E-state index in [-0.39, 0.29) is 5.91 Å². The fourth-order valence-electron chi connectivity index (χ4n) is 2.53. The van der Waals surface area contributed by atoms with E-state index in [0.29, 0.717) is 6.54 Å². The number of likely N-dealkylation sites (N-methyl/N-ethyl adjacent to an activating group) is 1. The van der Waals surface area contributed by atoms with Gasteiger partial charge in [0.15, 0.2) is 0 Å². The van der Waals surface area contributed by atoms with Crippen LogP contribution < -0.4 is 5.73 Å². The predicted molar refractivity (Wildman–Crippen MR) is 76.5 cm³/mol. The van der Waals surface area contributed by atoms with Crippen molar-refractivity contribution in [2.24, 2.45) is 5.73 Å². The highest BCUT2D eigenvalue weighted by atomic mass is 16.2. The van der Waals surface area contributed by atoms with Crippen LogP contribution in [0.15, 0.2) is 24.3 Å². The molecule has 4 heteroatoms. The zero-order valence-electron chi connectivity index (χ0n) is 12.0. The number of rotatable bonds is 3. The maximum Gasteiger partial charge on any atom is 0.242 e. The molecule has 2 N–H and O–H groups in total. The Morgan fingerprint density at radius 2 is 1.74 bits per heavy atom. The van der Waals surface area contributed by atoms with Crippen LogP contribution in [0.2, 0.25) is 0 Å². The Kier molecular flexibility index (Phi) is 3.92. The van der Waals surface area contributed by atoms with Gasteiger partial charge in [0.05, 0.1) is 5.54 Å². The van der Waals surface area contributed by atoms with Gasteiger partial charge >= 0.3 is 0 Å². The maximum atomic E-state index is 12.2. The Labute approximate surface area is 115 Å². The summed E-state index contributed by atoms with van der Waals surface area (Å²) in [6.07, 6.45) is 0. The third kappa shape index (κ3) is 2.80. The topological polar surface area (TPSA) is 49.6 Å². The van der Waals surface area contributed by atoms with E-state index in [1.807, 2.05) is 25.8 Å². The summed E-state index contributed by atoms with van der Waals surface area (Å²) in [7, 11) is 1.87. The molecule has 1 aromatic rings. The third-order valence-corrected chi connectivity index (χ3v) is 4.00. The molecule has 4 nitrogen and oxygen atoms in total. The predicted octanol–water partition coefficient (Wildman–Crippen LogP) is 1.20. The summed E-state index contributed by atoms with van der Waals surface area (Å²) in [6.45, 7) is 7.08. The minimum atomic E-state index is -0.431. The highest BCUT2D eigenvalue weighted by Crippen LogP contribution is 2.23. The van der Waals surface area contributed by atoms with Gasteiger partial charge in [-0.15, -0.1) is 0 Å². The molecule has 1 aliphatic heterocycles. The van der Waals surface area contributed by atoms with Crippen molar-refractivity contribution in [1.82, 2.24) is 9.80 Å². The summed E-state index contributed by atoms with van der Waals surface area (Å²) in [6, 6.07) is 8.31. The lowest BCUT2D eigenvalue weighted by Gasteiger charge is -2.44. The van der Waals surface area contributed by atoms with E-state index >= 15 is 0 Å². The van der Waals surface area contributed by atoms with Gasteiger partial charge in [0, 0.05) is 33.2 Å². The first-order valence-electron chi connectivity index (χ1n) is 6.73. The number of amides is 1. The SMILES string of the molecule is CN1CCN(Cc2ccc(CN)cc2)C(C)(C)C1=O. The van der Waals surface area contributed by atoms with Crippen molar-refractivity contribution in [1.29, 1.82) is 0 Å². The molecule has 1 aliphatic rings. The molecule has 0 aromatic heterocycles. The first kappa shape index (κ1) is 14.0. The van der Waals surface area contributed by atoms with Crippen LogP contribution in [-0.4, -0.2) is 41.4 Å². The van der Waals surface area contributed by atoms with Gasteiger partial charge in [-0.1, -0.05) is 24.3 Å². The molecule has 1 amide bonds. The Hall–Kier alpha value is -1.39. The first-order valence-corrected chi connectivity index (χ1v) is 6.73. The van der Waals surface area contributed by atoms with Gasteiger partial charge in [-0.3, -0.25) is 9.69 Å². The number of hydrogen-bond donors (Lipinski definition) is 1. The van der Waals surface area contributed by atoms with E-state index in [0.717, 1.165) is 25.2 Å². The van der Waals surface area contributed by atoms with E-state index in [1.54, 1.807) is 0 Å². The number of nitrogens with two attached hydrogens (primary N) is 1. The molecule has 1 heterocycles. The molecule has 0 saturated carbocycles. The van der Waals surface area contributed by atoms with E-state index in [4.69, 9.17) is 5.73 Å². The van der Waals surface area contributed by atoms with Crippen LogP contribution in [-0.2, 0) is 17.9 Å². The summed E-state index contributed by atoms with van der Waals surface area (Å²) in [5.41, 5.74) is 7.53. The van der Waals surface area contributed by atoms with Crippen molar-refractivity contribution >= 4 is 5.91 Å². The number of benzene rings is 1. The van der Waals surface area contributed by atoms with E-state index in [1.165, 1.54) is 5.56 Å². The minimum Gasteiger partial charge on any atom is -0.343 e. The Morgan fingerprint density at radius 1 is 1.16 bits per heavy atom. The number of hydrogen-bond acceptors (Lipinski definition) is 3. The van der Waals surface area contributed by atoms with Crippen LogP contribution in [0.5, 0.6) is 0 Å². The highest BCUT2D eigenvalue weighted by molar-refractivity contribution is 5.86. The van der Waals surface area contributed by atoms with Gasteiger partial charge in [-0.2, -0.15) is 0 Å². The normalized spacial score (nSPS) is 19.8. The molecule has 0 atom stereocenters. The summed E-state index contributed by atoms with van der Waals surface area (Å²) in [5, 5.41) is 0. The number of carbonyl (C=O) groups excluding carboxylic acids is 1. The summed E-state index contributed by atoms with van der Waals surface area (Å²) in [4.78, 5) is 16.3. The summed E-state index contributed by atoms with van der Waals surface area (Å²) < 4.78 is 0. The molecule has 0 bridgehead atoms. The Morgan fingerprint density at radius 3 is 2.32 bits per heavy atom. The fourth-order valence-corrected chi connectivity index (χ4v) is 2.53. The zero-order chi connectivity index (χ0) is 14.0. The largest absolute Gasteiger partial charge is 0.343 e. The van der Waals surface area contributed by atoms with Crippen LogP contribution in [0.4, 0.5) is 0 Å². The lowest BCUT2D eigenvalue weighted by Crippen LogP contribution is -2.61. The molecule has 0 unspecified atom stereocenters. The second-order valence-corrected chi connectivity index (χ2v) is 5.73. The minimum absolute atomic E-state index is 0.192. The van der Waals surface area contributed by atoms with Crippen LogP contribution >= 0.6 is 0 Å². The molecule has 1 fully saturated rings. The maximum absolute atomic E-state index is 12.2. The molecule has 0 spiro atoms. The number of carbonyl (C=O) groups is 1. The lowest BCUT2D eigenvalue weighted by atomic mass is 9.97. The van der Waals surface area contributed by atoms with Gasteiger partial charge < -0.3 is 10.6 Å². The van der Waals surface area contributed by atoms with Crippen LogP contribution in [0.25, 0.3) is 0 Å². The van der Waals surface area contributed by atoms with Gasteiger partial charge in [0.25, 0.3) is 0 Å². The third-order valence-electron chi connectivity index (χ3n) is 4.00. The van der Waals surface area contributed by atoms with Crippen molar-refractivity contribution in [3.05, 3.63) is 35.4 Å². The Balaban J connectivity index is 2.11. The number of piperazine rings is 1. The van der Waals surface area contributed by atoms with Crippen LogP contribution in [0, 0.1) is 0 Å². The molecule has 0 radical (unpaired) electrons. The van der Waals surface area contributed by atoms with Crippen molar-refractivity contribution in [2.75, 3.05) is 20.1 Å². The lowest BCUT2D eigenvalue weighted by molar-refractivity contribution is -0.147. The zero-order valence-corrected chi connectivity index (χ0v) is 12.0. The monoisotopic (exact) mass is 261 g/mol. The smallest absolute Gasteiger partial charge is 0.242 e. The van der Waals surface area contributed by atoms with Crippen LogP contribution in [0.1, 0.15) is 25.0 Å². The average Bonchev–Trinajstić information content (AvgIpc) is 2.41. The quantitative estimate of drug-likeness (QED) is 0.889. The molecule has 1 aromatic carbocycles. The molecule has 0 aliphatic carbocycles. The van der Waals surface area contributed by atoms with E-state index in [2.05, 4.69) is 29.2 Å². The highest BCUT2D eigenvalue weighted by Gasteiger charge is 2.40. The van der Waals surface area contributed by atoms with Gasteiger partial charge in [-0.25, -0.2) is 0 Å². The average molecular weight is 261 g/mol. The fraction of sp³-hybridized carbons (Fsp3) is 0.533. The molecule has 104 valence electrons. The van der Waals surface area contributed by atoms with Crippen molar-refractivity contribution < 1.29 is 4.79 Å². The molecule has 2 rings (SSSR count). The Bertz CT molecular complexity index is 453. The van der Waals surface area contributed by atoms with Gasteiger partial charge in [0.1, 0.15) is 0 Å². The van der Waals surface area contributed by atoms with Crippen molar-refractivity contribution in [2.45, 2.75) is 32.5 Å². The summed E-state index contributed by atoms with van der Waals surface area (Å²) in [5.74, 6) is 0.192. The van der Waals surface area contributed by atoms with Crippen molar-refractivity contribution in [3.63, 3.8) is 0 Å². The molecule has 19 heavy (non-hydrogen) atoms. The van der Waals surface area contributed by atoms with Gasteiger partial charge in [0.2, 0.25) is 5.91 Å². The first-order chi connectivity index (χ1) is 8.95. The second kappa shape index (κ2) is 5.31. The van der Waals surface area contributed by atoms with E-state index in [9.17, 15) is 4.79 Å². The standard InChI is InChI=1S/C15H23N3O/c1-15(2)14(19)17(3)8-9-18(15)11-13-6-4-12(10-16)5-7-13/h4-7H,8-11,16H2,1-3H3. The summed E-state index contributed by atoms with van der Waals surface area (Å²) >= 11 is 0. The molecular formula is C15H23N3O. The second-order valence-electron chi connectivity index (χ2n) is 5.73. The van der Waals surface area contributed by atoms with Crippen LogP contribution in [0.3, 0.4) is 0 Å². The van der Waals surface area contributed by atoms with E-state index < -0.39 is 5.54 Å². The molecular weight excluding hydrogens is 238 g/mol.